The van der Waals surface area contributed by atoms with E-state index in [-0.39, 0.29) is 16.7 Å². The van der Waals surface area contributed by atoms with Crippen LogP contribution in [0.2, 0.25) is 0 Å². The monoisotopic (exact) mass is 276 g/mol. The summed E-state index contributed by atoms with van der Waals surface area (Å²) in [5, 5.41) is 14.6. The summed E-state index contributed by atoms with van der Waals surface area (Å²) in [5.74, 6) is 0. The van der Waals surface area contributed by atoms with E-state index in [1.165, 1.54) is 6.42 Å². The fourth-order valence-electron chi connectivity index (χ4n) is 3.32. The molecule has 0 amide bonds. The van der Waals surface area contributed by atoms with E-state index in [4.69, 9.17) is 4.74 Å². The van der Waals surface area contributed by atoms with Gasteiger partial charge >= 0.3 is 0 Å². The maximum Gasteiger partial charge on any atom is 0.272 e. The molecule has 2 heterocycles. The molecule has 0 saturated carbocycles. The Morgan fingerprint density at radius 1 is 1.45 bits per heavy atom. The Balaban J connectivity index is 1.72. The molecule has 5 heteroatoms. The zero-order valence-corrected chi connectivity index (χ0v) is 11.8. The molecule has 1 aromatic rings. The van der Waals surface area contributed by atoms with Gasteiger partial charge < -0.3 is 10.1 Å². The first-order valence-corrected chi connectivity index (χ1v) is 7.21. The highest BCUT2D eigenvalue weighted by atomic mass is 16.6. The number of nitro groups is 1. The lowest BCUT2D eigenvalue weighted by Gasteiger charge is -2.24. The van der Waals surface area contributed by atoms with E-state index in [9.17, 15) is 10.1 Å². The number of rotatable bonds is 4. The van der Waals surface area contributed by atoms with Crippen molar-refractivity contribution >= 4 is 5.69 Å². The van der Waals surface area contributed by atoms with Crippen molar-refractivity contribution in [2.75, 3.05) is 0 Å². The molecule has 0 radical (unpaired) electrons. The van der Waals surface area contributed by atoms with Gasteiger partial charge in [0, 0.05) is 23.7 Å². The molecule has 4 unspecified atom stereocenters. The minimum Gasteiger partial charge on any atom is -0.373 e. The van der Waals surface area contributed by atoms with E-state index in [1.54, 1.807) is 13.0 Å². The molecule has 4 atom stereocenters. The van der Waals surface area contributed by atoms with Crippen molar-refractivity contribution in [1.29, 1.82) is 0 Å². The summed E-state index contributed by atoms with van der Waals surface area (Å²) in [6.45, 7) is 3.82. The molecule has 3 rings (SSSR count). The van der Waals surface area contributed by atoms with E-state index in [1.807, 2.05) is 12.1 Å². The van der Waals surface area contributed by atoms with Gasteiger partial charge in [-0.15, -0.1) is 0 Å². The van der Waals surface area contributed by atoms with Crippen molar-refractivity contribution in [1.82, 2.24) is 5.32 Å². The van der Waals surface area contributed by atoms with Crippen LogP contribution in [0.5, 0.6) is 0 Å². The summed E-state index contributed by atoms with van der Waals surface area (Å²) in [6, 6.07) is 5.95. The van der Waals surface area contributed by atoms with E-state index in [2.05, 4.69) is 12.2 Å². The van der Waals surface area contributed by atoms with Crippen LogP contribution in [-0.4, -0.2) is 23.2 Å². The highest BCUT2D eigenvalue weighted by Crippen LogP contribution is 2.35. The third-order valence-electron chi connectivity index (χ3n) is 4.50. The molecule has 2 aliphatic rings. The van der Waals surface area contributed by atoms with Gasteiger partial charge in [0.25, 0.3) is 5.69 Å². The second-order valence-corrected chi connectivity index (χ2v) is 5.91. The van der Waals surface area contributed by atoms with Gasteiger partial charge in [-0.2, -0.15) is 0 Å². The number of fused-ring (bicyclic) bond motifs is 2. The summed E-state index contributed by atoms with van der Waals surface area (Å²) in [4.78, 5) is 10.7. The summed E-state index contributed by atoms with van der Waals surface area (Å²) in [5.41, 5.74) is 1.86. The van der Waals surface area contributed by atoms with Crippen LogP contribution in [0.1, 0.15) is 43.4 Å². The number of hydrogen-bond acceptors (Lipinski definition) is 4. The molecule has 2 aliphatic heterocycles. The molecule has 2 bridgehead atoms. The van der Waals surface area contributed by atoms with Crippen LogP contribution >= 0.6 is 0 Å². The van der Waals surface area contributed by atoms with Crippen molar-refractivity contribution in [3.8, 4) is 0 Å². The Labute approximate surface area is 118 Å². The van der Waals surface area contributed by atoms with Gasteiger partial charge in [0.05, 0.1) is 17.1 Å². The first-order valence-electron chi connectivity index (χ1n) is 7.21. The molecule has 0 aliphatic carbocycles. The molecule has 0 spiro atoms. The standard InChI is InChI=1S/C15H20N2O3/c1-9-3-4-11(7-14(9)17(18)19)10(2)16-13-8-12-5-6-15(13)20-12/h3-4,7,10,12-13,15-16H,5-6,8H2,1-2H3. The summed E-state index contributed by atoms with van der Waals surface area (Å²) < 4.78 is 5.83. The SMILES string of the molecule is Cc1ccc(C(C)NC2CC3CCC2O3)cc1[N+](=O)[O-]. The summed E-state index contributed by atoms with van der Waals surface area (Å²) in [6.07, 6.45) is 4.10. The number of nitro benzene ring substituents is 1. The van der Waals surface area contributed by atoms with Crippen LogP contribution in [0.3, 0.4) is 0 Å². The quantitative estimate of drug-likeness (QED) is 0.678. The Hall–Kier alpha value is -1.46. The maximum atomic E-state index is 11.0. The molecule has 5 nitrogen and oxygen atoms in total. The Morgan fingerprint density at radius 2 is 2.25 bits per heavy atom. The average Bonchev–Trinajstić information content (AvgIpc) is 3.01. The predicted octanol–water partition coefficient (Wildman–Crippen LogP) is 2.87. The predicted molar refractivity (Wildman–Crippen MR) is 75.7 cm³/mol. The maximum absolute atomic E-state index is 11.0. The molecule has 2 fully saturated rings. The number of aryl methyl sites for hydroxylation is 1. The van der Waals surface area contributed by atoms with Gasteiger partial charge in [0.15, 0.2) is 0 Å². The lowest BCUT2D eigenvalue weighted by molar-refractivity contribution is -0.385. The second-order valence-electron chi connectivity index (χ2n) is 5.91. The van der Waals surface area contributed by atoms with Crippen molar-refractivity contribution in [3.05, 3.63) is 39.4 Å². The minimum atomic E-state index is -0.313. The third-order valence-corrected chi connectivity index (χ3v) is 4.50. The van der Waals surface area contributed by atoms with Gasteiger partial charge in [0.1, 0.15) is 0 Å². The Kier molecular flexibility index (Phi) is 3.48. The van der Waals surface area contributed by atoms with Crippen LogP contribution in [0.4, 0.5) is 5.69 Å². The van der Waals surface area contributed by atoms with Gasteiger partial charge in [-0.05, 0) is 38.7 Å². The molecule has 0 aromatic heterocycles. The van der Waals surface area contributed by atoms with Crippen molar-refractivity contribution < 1.29 is 9.66 Å². The molecule has 2 saturated heterocycles. The van der Waals surface area contributed by atoms with Crippen LogP contribution < -0.4 is 5.32 Å². The lowest BCUT2D eigenvalue weighted by atomic mass is 9.94. The number of nitrogens with zero attached hydrogens (tertiary/aromatic N) is 1. The molecule has 108 valence electrons. The van der Waals surface area contributed by atoms with E-state index >= 15 is 0 Å². The third kappa shape index (κ3) is 2.43. The van der Waals surface area contributed by atoms with Crippen molar-refractivity contribution in [2.45, 2.75) is 57.4 Å². The van der Waals surface area contributed by atoms with E-state index in [0.717, 1.165) is 18.4 Å². The zero-order valence-electron chi connectivity index (χ0n) is 11.8. The Morgan fingerprint density at radius 3 is 2.85 bits per heavy atom. The smallest absolute Gasteiger partial charge is 0.272 e. The van der Waals surface area contributed by atoms with Crippen LogP contribution in [0, 0.1) is 17.0 Å². The lowest BCUT2D eigenvalue weighted by Crippen LogP contribution is -2.39. The minimum absolute atomic E-state index is 0.0993. The fourth-order valence-corrected chi connectivity index (χ4v) is 3.32. The van der Waals surface area contributed by atoms with Crippen LogP contribution in [0.15, 0.2) is 18.2 Å². The van der Waals surface area contributed by atoms with Gasteiger partial charge in [-0.3, -0.25) is 10.1 Å². The number of hydrogen-bond donors (Lipinski definition) is 1. The Bertz CT molecular complexity index is 532. The topological polar surface area (TPSA) is 64.4 Å². The van der Waals surface area contributed by atoms with E-state index < -0.39 is 0 Å². The number of nitrogens with one attached hydrogen (secondary N) is 1. The van der Waals surface area contributed by atoms with Crippen molar-refractivity contribution in [2.24, 2.45) is 0 Å². The number of ether oxygens (including phenoxy) is 1. The first-order chi connectivity index (χ1) is 9.54. The molecule has 1 aromatic carbocycles. The molecule has 20 heavy (non-hydrogen) atoms. The zero-order chi connectivity index (χ0) is 14.3. The summed E-state index contributed by atoms with van der Waals surface area (Å²) >= 11 is 0. The van der Waals surface area contributed by atoms with Crippen LogP contribution in [-0.2, 0) is 4.74 Å². The highest BCUT2D eigenvalue weighted by Gasteiger charge is 2.41. The fraction of sp³-hybridized carbons (Fsp3) is 0.600. The number of benzene rings is 1. The summed E-state index contributed by atoms with van der Waals surface area (Å²) in [7, 11) is 0. The van der Waals surface area contributed by atoms with Crippen LogP contribution in [0.25, 0.3) is 0 Å². The molecular formula is C15H20N2O3. The largest absolute Gasteiger partial charge is 0.373 e. The van der Waals surface area contributed by atoms with Gasteiger partial charge in [-0.25, -0.2) is 0 Å². The molecular weight excluding hydrogens is 256 g/mol. The second kappa shape index (κ2) is 5.14. The average molecular weight is 276 g/mol. The normalized spacial score (nSPS) is 29.6. The molecule has 1 N–H and O–H groups in total. The highest BCUT2D eigenvalue weighted by molar-refractivity contribution is 5.43. The van der Waals surface area contributed by atoms with Gasteiger partial charge in [-0.1, -0.05) is 12.1 Å². The van der Waals surface area contributed by atoms with Crippen molar-refractivity contribution in [3.63, 3.8) is 0 Å². The first kappa shape index (κ1) is 13.5. The van der Waals surface area contributed by atoms with E-state index in [0.29, 0.717) is 23.8 Å². The van der Waals surface area contributed by atoms with Gasteiger partial charge in [0.2, 0.25) is 0 Å².